The minimum atomic E-state index is -0.802. The van der Waals surface area contributed by atoms with Gasteiger partial charge in [0.2, 0.25) is 0 Å². The first-order chi connectivity index (χ1) is 9.52. The molecule has 0 aliphatic rings. The zero-order valence-electron chi connectivity index (χ0n) is 11.8. The number of methoxy groups -OCH3 is 1. The SMILES string of the molecule is COc1ccc2c(c1)nc(CSCC(=O)O)n2C(C)C. The van der Waals surface area contributed by atoms with Gasteiger partial charge in [-0.05, 0) is 26.0 Å². The molecule has 0 saturated carbocycles. The molecule has 2 rings (SSSR count). The van der Waals surface area contributed by atoms with Gasteiger partial charge >= 0.3 is 5.97 Å². The zero-order chi connectivity index (χ0) is 14.7. The molecule has 5 nitrogen and oxygen atoms in total. The Morgan fingerprint density at radius 3 is 2.85 bits per heavy atom. The van der Waals surface area contributed by atoms with Crippen molar-refractivity contribution in [2.45, 2.75) is 25.6 Å². The van der Waals surface area contributed by atoms with Crippen molar-refractivity contribution in [3.63, 3.8) is 0 Å². The Bertz CT molecular complexity index is 622. The van der Waals surface area contributed by atoms with Crippen molar-refractivity contribution >= 4 is 28.8 Å². The van der Waals surface area contributed by atoms with E-state index in [-0.39, 0.29) is 11.8 Å². The van der Waals surface area contributed by atoms with Crippen LogP contribution in [0.5, 0.6) is 5.75 Å². The van der Waals surface area contributed by atoms with Gasteiger partial charge in [0.15, 0.2) is 0 Å². The monoisotopic (exact) mass is 294 g/mol. The van der Waals surface area contributed by atoms with Gasteiger partial charge in [-0.15, -0.1) is 11.8 Å². The molecular weight excluding hydrogens is 276 g/mol. The van der Waals surface area contributed by atoms with E-state index >= 15 is 0 Å². The van der Waals surface area contributed by atoms with Crippen LogP contribution in [0.4, 0.5) is 0 Å². The number of aliphatic carboxylic acids is 1. The molecule has 1 N–H and O–H groups in total. The van der Waals surface area contributed by atoms with Gasteiger partial charge in [-0.25, -0.2) is 4.98 Å². The summed E-state index contributed by atoms with van der Waals surface area (Å²) in [4.78, 5) is 15.2. The molecule has 0 aliphatic heterocycles. The number of carboxylic acids is 1. The van der Waals surface area contributed by atoms with Crippen LogP contribution >= 0.6 is 11.8 Å². The minimum Gasteiger partial charge on any atom is -0.497 e. The summed E-state index contributed by atoms with van der Waals surface area (Å²) in [6.07, 6.45) is 0. The maximum Gasteiger partial charge on any atom is 0.313 e. The molecule has 0 spiro atoms. The average molecular weight is 294 g/mol. The van der Waals surface area contributed by atoms with E-state index in [0.717, 1.165) is 22.6 Å². The van der Waals surface area contributed by atoms with Crippen LogP contribution in [-0.4, -0.2) is 33.5 Å². The quantitative estimate of drug-likeness (QED) is 0.887. The van der Waals surface area contributed by atoms with Gasteiger partial charge < -0.3 is 14.4 Å². The second kappa shape index (κ2) is 6.17. The summed E-state index contributed by atoms with van der Waals surface area (Å²) in [6.45, 7) is 4.19. The number of carboxylic acid groups (broad SMARTS) is 1. The summed E-state index contributed by atoms with van der Waals surface area (Å²) < 4.78 is 7.35. The summed E-state index contributed by atoms with van der Waals surface area (Å²) in [5.41, 5.74) is 1.93. The van der Waals surface area contributed by atoms with E-state index in [9.17, 15) is 4.79 Å². The van der Waals surface area contributed by atoms with E-state index in [0.29, 0.717) is 5.75 Å². The van der Waals surface area contributed by atoms with Crippen molar-refractivity contribution in [1.82, 2.24) is 9.55 Å². The molecule has 6 heteroatoms. The lowest BCUT2D eigenvalue weighted by Gasteiger charge is -2.12. The lowest BCUT2D eigenvalue weighted by atomic mass is 10.3. The summed E-state index contributed by atoms with van der Waals surface area (Å²) in [6, 6.07) is 6.08. The molecule has 1 aromatic carbocycles. The lowest BCUT2D eigenvalue weighted by molar-refractivity contribution is -0.133. The first-order valence-electron chi connectivity index (χ1n) is 6.37. The first-order valence-corrected chi connectivity index (χ1v) is 7.52. The van der Waals surface area contributed by atoms with Gasteiger partial charge in [0, 0.05) is 12.1 Å². The van der Waals surface area contributed by atoms with Crippen LogP contribution < -0.4 is 4.74 Å². The molecule has 1 aromatic heterocycles. The highest BCUT2D eigenvalue weighted by atomic mass is 32.2. The largest absolute Gasteiger partial charge is 0.497 e. The van der Waals surface area contributed by atoms with Gasteiger partial charge in [-0.3, -0.25) is 4.79 Å². The fourth-order valence-electron chi connectivity index (χ4n) is 2.16. The molecule has 0 fully saturated rings. The maximum absolute atomic E-state index is 10.6. The molecule has 20 heavy (non-hydrogen) atoms. The summed E-state index contributed by atoms with van der Waals surface area (Å²) in [5, 5.41) is 8.71. The molecule has 1 heterocycles. The Balaban J connectivity index is 2.36. The number of hydrogen-bond donors (Lipinski definition) is 1. The molecular formula is C14H18N2O3S. The number of aromatic nitrogens is 2. The highest BCUT2D eigenvalue weighted by Gasteiger charge is 2.14. The van der Waals surface area contributed by atoms with Crippen LogP contribution in [0.1, 0.15) is 25.7 Å². The Labute approximate surface area is 121 Å². The van der Waals surface area contributed by atoms with Gasteiger partial charge in [0.05, 0.1) is 29.6 Å². The minimum absolute atomic E-state index is 0.0879. The van der Waals surface area contributed by atoms with Gasteiger partial charge in [-0.2, -0.15) is 0 Å². The number of benzene rings is 1. The Morgan fingerprint density at radius 1 is 1.50 bits per heavy atom. The first kappa shape index (κ1) is 14.7. The number of hydrogen-bond acceptors (Lipinski definition) is 4. The number of ether oxygens (including phenoxy) is 1. The molecule has 0 aliphatic carbocycles. The topological polar surface area (TPSA) is 64.3 Å². The second-order valence-corrected chi connectivity index (χ2v) is 5.72. The number of carbonyl (C=O) groups is 1. The fraction of sp³-hybridized carbons (Fsp3) is 0.429. The van der Waals surface area contributed by atoms with Gasteiger partial charge in [-0.1, -0.05) is 0 Å². The third-order valence-electron chi connectivity index (χ3n) is 2.94. The Kier molecular flexibility index (Phi) is 4.54. The molecule has 2 aromatic rings. The van der Waals surface area contributed by atoms with E-state index in [1.807, 2.05) is 18.2 Å². The lowest BCUT2D eigenvalue weighted by Crippen LogP contribution is -2.06. The molecule has 0 amide bonds. The molecule has 108 valence electrons. The zero-order valence-corrected chi connectivity index (χ0v) is 12.6. The normalized spacial score (nSPS) is 11.2. The second-order valence-electron chi connectivity index (χ2n) is 4.73. The third kappa shape index (κ3) is 3.07. The molecule has 0 bridgehead atoms. The number of fused-ring (bicyclic) bond motifs is 1. The van der Waals surface area contributed by atoms with E-state index in [1.54, 1.807) is 7.11 Å². The Hall–Kier alpha value is -1.69. The van der Waals surface area contributed by atoms with Crippen molar-refractivity contribution in [1.29, 1.82) is 0 Å². The number of imidazole rings is 1. The molecule has 0 unspecified atom stereocenters. The highest BCUT2D eigenvalue weighted by molar-refractivity contribution is 7.99. The summed E-state index contributed by atoms with van der Waals surface area (Å²) in [5.74, 6) is 1.54. The molecule has 0 saturated heterocycles. The van der Waals surface area contributed by atoms with Crippen molar-refractivity contribution in [3.8, 4) is 5.75 Å². The van der Waals surface area contributed by atoms with Crippen LogP contribution in [0.3, 0.4) is 0 Å². The summed E-state index contributed by atoms with van der Waals surface area (Å²) >= 11 is 1.36. The van der Waals surface area contributed by atoms with Crippen molar-refractivity contribution in [2.24, 2.45) is 0 Å². The van der Waals surface area contributed by atoms with Gasteiger partial charge in [0.1, 0.15) is 11.6 Å². The van der Waals surface area contributed by atoms with Crippen LogP contribution in [0, 0.1) is 0 Å². The third-order valence-corrected chi connectivity index (χ3v) is 3.86. The van der Waals surface area contributed by atoms with E-state index in [4.69, 9.17) is 9.84 Å². The van der Waals surface area contributed by atoms with Crippen LogP contribution in [0.25, 0.3) is 11.0 Å². The summed E-state index contributed by atoms with van der Waals surface area (Å²) in [7, 11) is 1.63. The standard InChI is InChI=1S/C14H18N2O3S/c1-9(2)16-12-5-4-10(19-3)6-11(12)15-13(16)7-20-8-14(17)18/h4-6,9H,7-8H2,1-3H3,(H,17,18). The number of thioether (sulfide) groups is 1. The van der Waals surface area contributed by atoms with E-state index in [2.05, 4.69) is 23.4 Å². The fourth-order valence-corrected chi connectivity index (χ4v) is 2.83. The van der Waals surface area contributed by atoms with Crippen LogP contribution in [-0.2, 0) is 10.5 Å². The molecule has 0 atom stereocenters. The van der Waals surface area contributed by atoms with Crippen molar-refractivity contribution in [2.75, 3.05) is 12.9 Å². The van der Waals surface area contributed by atoms with Crippen molar-refractivity contribution < 1.29 is 14.6 Å². The predicted molar refractivity (Wildman–Crippen MR) is 80.5 cm³/mol. The van der Waals surface area contributed by atoms with E-state index in [1.165, 1.54) is 11.8 Å². The van der Waals surface area contributed by atoms with Crippen LogP contribution in [0.15, 0.2) is 18.2 Å². The number of nitrogens with zero attached hydrogens (tertiary/aromatic N) is 2. The Morgan fingerprint density at radius 2 is 2.25 bits per heavy atom. The highest BCUT2D eigenvalue weighted by Crippen LogP contribution is 2.26. The average Bonchev–Trinajstić information content (AvgIpc) is 2.75. The van der Waals surface area contributed by atoms with Crippen molar-refractivity contribution in [3.05, 3.63) is 24.0 Å². The number of rotatable bonds is 6. The van der Waals surface area contributed by atoms with Gasteiger partial charge in [0.25, 0.3) is 0 Å². The molecule has 0 radical (unpaired) electrons. The van der Waals surface area contributed by atoms with Crippen LogP contribution in [0.2, 0.25) is 0 Å². The smallest absolute Gasteiger partial charge is 0.313 e. The van der Waals surface area contributed by atoms with E-state index < -0.39 is 5.97 Å². The maximum atomic E-state index is 10.6. The predicted octanol–water partition coefficient (Wildman–Crippen LogP) is 2.94.